The standard InChI is InChI=1S/C16H21F2N5O3S/c1-22-15-10(7-12(14(17)18)16(22)24)8-20-13(21-15)9-19-11-3-5-23(6-4-11)27(2,25)26/h7-8,11,14,19H,3-6,9H2,1-2H3. The molecular formula is C16H21F2N5O3S. The summed E-state index contributed by atoms with van der Waals surface area (Å²) in [7, 11) is -1.76. The largest absolute Gasteiger partial charge is 0.307 e. The monoisotopic (exact) mass is 401 g/mol. The number of hydrogen-bond donors (Lipinski definition) is 1. The van der Waals surface area contributed by atoms with Gasteiger partial charge in [-0.05, 0) is 18.9 Å². The zero-order chi connectivity index (χ0) is 19.8. The minimum atomic E-state index is -3.16. The van der Waals surface area contributed by atoms with Crippen molar-refractivity contribution in [2.75, 3.05) is 19.3 Å². The molecule has 148 valence electrons. The third-order valence-electron chi connectivity index (χ3n) is 4.73. The van der Waals surface area contributed by atoms with E-state index >= 15 is 0 Å². The van der Waals surface area contributed by atoms with E-state index in [-0.39, 0.29) is 6.04 Å². The molecule has 3 rings (SSSR count). The Balaban J connectivity index is 1.71. The lowest BCUT2D eigenvalue weighted by Gasteiger charge is -2.30. The van der Waals surface area contributed by atoms with Gasteiger partial charge >= 0.3 is 0 Å². The predicted octanol–water partition coefficient (Wildman–Crippen LogP) is 0.780. The van der Waals surface area contributed by atoms with Crippen LogP contribution < -0.4 is 10.9 Å². The smallest absolute Gasteiger partial charge is 0.269 e. The first-order chi connectivity index (χ1) is 12.7. The van der Waals surface area contributed by atoms with E-state index < -0.39 is 27.6 Å². The lowest BCUT2D eigenvalue weighted by molar-refractivity contribution is 0.149. The van der Waals surface area contributed by atoms with Crippen LogP contribution in [0.2, 0.25) is 0 Å². The molecular weight excluding hydrogens is 380 g/mol. The predicted molar refractivity (Wildman–Crippen MR) is 96.0 cm³/mol. The van der Waals surface area contributed by atoms with Crippen molar-refractivity contribution in [1.82, 2.24) is 24.2 Å². The molecule has 1 N–H and O–H groups in total. The summed E-state index contributed by atoms with van der Waals surface area (Å²) in [5, 5.41) is 3.66. The van der Waals surface area contributed by atoms with Crippen molar-refractivity contribution in [3.05, 3.63) is 34.0 Å². The number of aryl methyl sites for hydroxylation is 1. The van der Waals surface area contributed by atoms with Crippen molar-refractivity contribution in [2.24, 2.45) is 7.05 Å². The van der Waals surface area contributed by atoms with E-state index in [0.717, 1.165) is 10.6 Å². The summed E-state index contributed by atoms with van der Waals surface area (Å²) in [4.78, 5) is 20.5. The number of nitrogens with zero attached hydrogens (tertiary/aromatic N) is 4. The molecule has 0 aliphatic carbocycles. The Morgan fingerprint density at radius 2 is 2.00 bits per heavy atom. The molecule has 2 aromatic heterocycles. The molecule has 8 nitrogen and oxygen atoms in total. The van der Waals surface area contributed by atoms with Gasteiger partial charge in [-0.1, -0.05) is 0 Å². The van der Waals surface area contributed by atoms with E-state index in [1.165, 1.54) is 23.8 Å². The van der Waals surface area contributed by atoms with E-state index in [1.807, 2.05) is 0 Å². The molecule has 0 spiro atoms. The van der Waals surface area contributed by atoms with Crippen LogP contribution >= 0.6 is 0 Å². The number of hydrogen-bond acceptors (Lipinski definition) is 6. The first kappa shape index (κ1) is 19.8. The third-order valence-corrected chi connectivity index (χ3v) is 6.04. The maximum Gasteiger partial charge on any atom is 0.269 e. The highest BCUT2D eigenvalue weighted by molar-refractivity contribution is 7.88. The fraction of sp³-hybridized carbons (Fsp3) is 0.562. The first-order valence-electron chi connectivity index (χ1n) is 8.49. The summed E-state index contributed by atoms with van der Waals surface area (Å²) in [5.74, 6) is 0.438. The van der Waals surface area contributed by atoms with Gasteiger partial charge in [0.1, 0.15) is 11.5 Å². The molecule has 1 aliphatic heterocycles. The second-order valence-corrected chi connectivity index (χ2v) is 8.63. The number of aromatic nitrogens is 3. The highest BCUT2D eigenvalue weighted by Crippen LogP contribution is 2.19. The molecule has 0 atom stereocenters. The maximum atomic E-state index is 12.9. The average molecular weight is 401 g/mol. The average Bonchev–Trinajstić information content (AvgIpc) is 2.62. The van der Waals surface area contributed by atoms with Gasteiger partial charge < -0.3 is 5.32 Å². The number of sulfonamides is 1. The highest BCUT2D eigenvalue weighted by atomic mass is 32.2. The SMILES string of the molecule is Cn1c(=O)c(C(F)F)cc2cnc(CNC3CCN(S(C)(=O)=O)CC3)nc21. The number of piperidine rings is 1. The van der Waals surface area contributed by atoms with Crippen molar-refractivity contribution in [3.63, 3.8) is 0 Å². The van der Waals surface area contributed by atoms with Crippen molar-refractivity contribution in [3.8, 4) is 0 Å². The summed E-state index contributed by atoms with van der Waals surface area (Å²) in [6, 6.07) is 1.26. The number of fused-ring (bicyclic) bond motifs is 1. The van der Waals surface area contributed by atoms with Crippen LogP contribution in [0.1, 0.15) is 30.7 Å². The lowest BCUT2D eigenvalue weighted by atomic mass is 10.1. The zero-order valence-corrected chi connectivity index (χ0v) is 15.8. The van der Waals surface area contributed by atoms with Crippen molar-refractivity contribution < 1.29 is 17.2 Å². The number of rotatable bonds is 5. The molecule has 3 heterocycles. The fourth-order valence-electron chi connectivity index (χ4n) is 3.18. The summed E-state index contributed by atoms with van der Waals surface area (Å²) < 4.78 is 51.5. The second kappa shape index (κ2) is 7.56. The molecule has 0 amide bonds. The van der Waals surface area contributed by atoms with E-state index in [4.69, 9.17) is 0 Å². The molecule has 11 heteroatoms. The van der Waals surface area contributed by atoms with Crippen LogP contribution in [0.3, 0.4) is 0 Å². The van der Waals surface area contributed by atoms with Crippen LogP contribution in [-0.2, 0) is 23.6 Å². The Morgan fingerprint density at radius 3 is 2.59 bits per heavy atom. The van der Waals surface area contributed by atoms with Gasteiger partial charge in [-0.2, -0.15) is 0 Å². The van der Waals surface area contributed by atoms with Crippen LogP contribution in [-0.4, -0.2) is 52.6 Å². The quantitative estimate of drug-likeness (QED) is 0.795. The summed E-state index contributed by atoms with van der Waals surface area (Å²) in [6.07, 6.45) is 1.13. The van der Waals surface area contributed by atoms with Crippen LogP contribution in [0.4, 0.5) is 8.78 Å². The Labute approximate surface area is 155 Å². The molecule has 1 saturated heterocycles. The summed E-state index contributed by atoms with van der Waals surface area (Å²) in [6.45, 7) is 1.25. The molecule has 1 aliphatic rings. The highest BCUT2D eigenvalue weighted by Gasteiger charge is 2.24. The van der Waals surface area contributed by atoms with Gasteiger partial charge in [0.05, 0.1) is 18.4 Å². The molecule has 1 fully saturated rings. The Kier molecular flexibility index (Phi) is 5.54. The van der Waals surface area contributed by atoms with Gasteiger partial charge in [0.15, 0.2) is 0 Å². The normalized spacial score (nSPS) is 17.1. The molecule has 0 aromatic carbocycles. The number of halogens is 2. The minimum Gasteiger partial charge on any atom is -0.307 e. The Morgan fingerprint density at radius 1 is 1.33 bits per heavy atom. The van der Waals surface area contributed by atoms with Gasteiger partial charge in [-0.15, -0.1) is 0 Å². The molecule has 0 saturated carbocycles. The van der Waals surface area contributed by atoms with Crippen molar-refractivity contribution >= 4 is 21.1 Å². The van der Waals surface area contributed by atoms with E-state index in [1.54, 1.807) is 0 Å². The molecule has 0 radical (unpaired) electrons. The summed E-state index contributed by atoms with van der Waals surface area (Å²) in [5.41, 5.74) is -1.05. The topological polar surface area (TPSA) is 97.2 Å². The fourth-order valence-corrected chi connectivity index (χ4v) is 4.05. The van der Waals surface area contributed by atoms with Crippen LogP contribution in [0.15, 0.2) is 17.1 Å². The zero-order valence-electron chi connectivity index (χ0n) is 15.0. The van der Waals surface area contributed by atoms with Gasteiger partial charge in [-0.25, -0.2) is 31.5 Å². The minimum absolute atomic E-state index is 0.132. The van der Waals surface area contributed by atoms with Crippen molar-refractivity contribution in [1.29, 1.82) is 0 Å². The molecule has 0 unspecified atom stereocenters. The number of alkyl halides is 2. The first-order valence-corrected chi connectivity index (χ1v) is 10.3. The van der Waals surface area contributed by atoms with Crippen molar-refractivity contribution in [2.45, 2.75) is 31.9 Å². The van der Waals surface area contributed by atoms with E-state index in [9.17, 15) is 22.0 Å². The maximum absolute atomic E-state index is 12.9. The molecule has 0 bridgehead atoms. The summed E-state index contributed by atoms with van der Waals surface area (Å²) >= 11 is 0. The van der Waals surface area contributed by atoms with Gasteiger partial charge in [0.2, 0.25) is 10.0 Å². The van der Waals surface area contributed by atoms with E-state index in [0.29, 0.717) is 49.3 Å². The van der Waals surface area contributed by atoms with Gasteiger partial charge in [-0.3, -0.25) is 9.36 Å². The number of pyridine rings is 1. The Hall–Kier alpha value is -1.98. The molecule has 27 heavy (non-hydrogen) atoms. The van der Waals surface area contributed by atoms with Crippen LogP contribution in [0, 0.1) is 0 Å². The Bertz CT molecular complexity index is 1000. The lowest BCUT2D eigenvalue weighted by Crippen LogP contribution is -2.44. The van der Waals surface area contributed by atoms with Crippen LogP contribution in [0.5, 0.6) is 0 Å². The van der Waals surface area contributed by atoms with Crippen LogP contribution in [0.25, 0.3) is 11.0 Å². The second-order valence-electron chi connectivity index (χ2n) is 6.65. The van der Waals surface area contributed by atoms with Gasteiger partial charge in [0, 0.05) is 37.8 Å². The van der Waals surface area contributed by atoms with Gasteiger partial charge in [0.25, 0.3) is 12.0 Å². The third kappa shape index (κ3) is 4.30. The number of nitrogens with one attached hydrogen (secondary N) is 1. The molecule has 2 aromatic rings. The van der Waals surface area contributed by atoms with E-state index in [2.05, 4.69) is 15.3 Å².